The van der Waals surface area contributed by atoms with Crippen LogP contribution in [0.15, 0.2) is 0 Å². The second-order valence-corrected chi connectivity index (χ2v) is 5.31. The Morgan fingerprint density at radius 3 is 2.14 bits per heavy atom. The molecule has 0 saturated heterocycles. The monoisotopic (exact) mass is 201 g/mol. The third kappa shape index (κ3) is 7.34. The molecule has 0 saturated carbocycles. The first-order chi connectivity index (χ1) is 6.37. The summed E-state index contributed by atoms with van der Waals surface area (Å²) in [6, 6.07) is 0. The van der Waals surface area contributed by atoms with E-state index in [2.05, 4.69) is 39.9 Å². The Morgan fingerprint density at radius 1 is 1.21 bits per heavy atom. The van der Waals surface area contributed by atoms with E-state index in [1.165, 1.54) is 0 Å². The van der Waals surface area contributed by atoms with Gasteiger partial charge in [0.05, 0.1) is 5.60 Å². The fourth-order valence-electron chi connectivity index (χ4n) is 1.45. The summed E-state index contributed by atoms with van der Waals surface area (Å²) in [6.45, 7) is 12.8. The summed E-state index contributed by atoms with van der Waals surface area (Å²) in [5.41, 5.74) is 0.00116. The first-order valence-corrected chi connectivity index (χ1v) is 5.65. The topological polar surface area (TPSA) is 21.3 Å². The van der Waals surface area contributed by atoms with E-state index in [1.807, 2.05) is 7.05 Å². The van der Waals surface area contributed by atoms with Gasteiger partial charge in [0.15, 0.2) is 0 Å². The zero-order valence-corrected chi connectivity index (χ0v) is 10.7. The van der Waals surface area contributed by atoms with Crippen molar-refractivity contribution in [3.63, 3.8) is 0 Å². The molecule has 0 rings (SSSR count). The fraction of sp³-hybridized carbons (Fsp3) is 1.00. The van der Waals surface area contributed by atoms with Gasteiger partial charge in [0, 0.05) is 6.61 Å². The van der Waals surface area contributed by atoms with Crippen molar-refractivity contribution in [3.8, 4) is 0 Å². The predicted octanol–water partition coefficient (Wildman–Crippen LogP) is 2.68. The lowest BCUT2D eigenvalue weighted by Gasteiger charge is -2.24. The number of rotatable bonds is 6. The minimum atomic E-state index is 0.00116. The summed E-state index contributed by atoms with van der Waals surface area (Å²) in [5, 5.41) is 3.24. The summed E-state index contributed by atoms with van der Waals surface area (Å²) in [4.78, 5) is 0. The molecule has 0 aromatic heterocycles. The zero-order chi connectivity index (χ0) is 11.2. The summed E-state index contributed by atoms with van der Waals surface area (Å²) >= 11 is 0. The first kappa shape index (κ1) is 13.9. The summed E-state index contributed by atoms with van der Waals surface area (Å²) in [5.74, 6) is 1.45. The lowest BCUT2D eigenvalue weighted by atomic mass is 9.93. The third-order valence-corrected chi connectivity index (χ3v) is 2.43. The Hall–Kier alpha value is -0.0800. The zero-order valence-electron chi connectivity index (χ0n) is 10.7. The van der Waals surface area contributed by atoms with Crippen molar-refractivity contribution in [3.05, 3.63) is 0 Å². The Morgan fingerprint density at radius 2 is 1.79 bits per heavy atom. The SMILES string of the molecule is CNCC(CCOC(C)(C)C)C(C)C. The molecule has 2 nitrogen and oxygen atoms in total. The molecule has 0 aliphatic rings. The van der Waals surface area contributed by atoms with Crippen molar-refractivity contribution in [2.24, 2.45) is 11.8 Å². The molecule has 0 radical (unpaired) electrons. The highest BCUT2D eigenvalue weighted by molar-refractivity contribution is 4.66. The van der Waals surface area contributed by atoms with Gasteiger partial charge in [-0.2, -0.15) is 0 Å². The molecule has 0 heterocycles. The number of hydrogen-bond donors (Lipinski definition) is 1. The van der Waals surface area contributed by atoms with Crippen LogP contribution in [0.1, 0.15) is 41.0 Å². The summed E-state index contributed by atoms with van der Waals surface area (Å²) in [6.07, 6.45) is 1.15. The van der Waals surface area contributed by atoms with Crippen molar-refractivity contribution in [1.82, 2.24) is 5.32 Å². The van der Waals surface area contributed by atoms with Gasteiger partial charge in [-0.05, 0) is 52.6 Å². The minimum absolute atomic E-state index is 0.00116. The van der Waals surface area contributed by atoms with E-state index in [0.717, 1.165) is 31.4 Å². The van der Waals surface area contributed by atoms with E-state index in [0.29, 0.717) is 0 Å². The smallest absolute Gasteiger partial charge is 0.0598 e. The van der Waals surface area contributed by atoms with Crippen molar-refractivity contribution in [2.45, 2.75) is 46.6 Å². The maximum absolute atomic E-state index is 5.73. The predicted molar refractivity (Wildman–Crippen MR) is 62.6 cm³/mol. The molecule has 0 aromatic carbocycles. The van der Waals surface area contributed by atoms with Crippen LogP contribution < -0.4 is 5.32 Å². The maximum Gasteiger partial charge on any atom is 0.0598 e. The van der Waals surface area contributed by atoms with Crippen LogP contribution in [0, 0.1) is 11.8 Å². The molecular formula is C12H27NO. The van der Waals surface area contributed by atoms with Gasteiger partial charge >= 0.3 is 0 Å². The number of ether oxygens (including phenoxy) is 1. The number of hydrogen-bond acceptors (Lipinski definition) is 2. The Balaban J connectivity index is 3.72. The molecule has 2 heteroatoms. The van der Waals surface area contributed by atoms with E-state index < -0.39 is 0 Å². The maximum atomic E-state index is 5.73. The van der Waals surface area contributed by atoms with E-state index in [-0.39, 0.29) is 5.60 Å². The van der Waals surface area contributed by atoms with Crippen LogP contribution in [-0.4, -0.2) is 25.8 Å². The van der Waals surface area contributed by atoms with Gasteiger partial charge in [-0.3, -0.25) is 0 Å². The highest BCUT2D eigenvalue weighted by atomic mass is 16.5. The molecule has 1 unspecified atom stereocenters. The largest absolute Gasteiger partial charge is 0.376 e. The Bertz CT molecular complexity index is 138. The standard InChI is InChI=1S/C12H27NO/c1-10(2)11(9-13-6)7-8-14-12(3,4)5/h10-11,13H,7-9H2,1-6H3. The molecular weight excluding hydrogens is 174 g/mol. The molecule has 0 aromatic rings. The molecule has 0 amide bonds. The van der Waals surface area contributed by atoms with Gasteiger partial charge in [0.1, 0.15) is 0 Å². The quantitative estimate of drug-likeness (QED) is 0.713. The molecule has 0 bridgehead atoms. The van der Waals surface area contributed by atoms with E-state index in [1.54, 1.807) is 0 Å². The van der Waals surface area contributed by atoms with Crippen LogP contribution in [0.5, 0.6) is 0 Å². The Labute approximate surface area is 89.4 Å². The van der Waals surface area contributed by atoms with Crippen LogP contribution in [0.2, 0.25) is 0 Å². The molecule has 14 heavy (non-hydrogen) atoms. The lowest BCUT2D eigenvalue weighted by Crippen LogP contribution is -2.27. The second-order valence-electron chi connectivity index (χ2n) is 5.31. The molecule has 0 fully saturated rings. The minimum Gasteiger partial charge on any atom is -0.376 e. The van der Waals surface area contributed by atoms with E-state index in [9.17, 15) is 0 Å². The van der Waals surface area contributed by atoms with E-state index >= 15 is 0 Å². The highest BCUT2D eigenvalue weighted by Crippen LogP contribution is 2.16. The van der Waals surface area contributed by atoms with Gasteiger partial charge in [-0.25, -0.2) is 0 Å². The highest BCUT2D eigenvalue weighted by Gasteiger charge is 2.15. The normalized spacial score (nSPS) is 14.8. The number of nitrogens with one attached hydrogen (secondary N) is 1. The first-order valence-electron chi connectivity index (χ1n) is 5.65. The van der Waals surface area contributed by atoms with Crippen molar-refractivity contribution >= 4 is 0 Å². The molecule has 86 valence electrons. The van der Waals surface area contributed by atoms with Crippen LogP contribution in [-0.2, 0) is 4.74 Å². The van der Waals surface area contributed by atoms with Crippen molar-refractivity contribution < 1.29 is 4.74 Å². The molecule has 1 atom stereocenters. The van der Waals surface area contributed by atoms with E-state index in [4.69, 9.17) is 4.74 Å². The Kier molecular flexibility index (Phi) is 6.38. The van der Waals surface area contributed by atoms with Crippen LogP contribution in [0.3, 0.4) is 0 Å². The molecule has 0 aliphatic carbocycles. The summed E-state index contributed by atoms with van der Waals surface area (Å²) < 4.78 is 5.73. The molecule has 0 aliphatic heterocycles. The average Bonchev–Trinajstić information content (AvgIpc) is 2.00. The molecule has 1 N–H and O–H groups in total. The van der Waals surface area contributed by atoms with Gasteiger partial charge in [-0.15, -0.1) is 0 Å². The van der Waals surface area contributed by atoms with Crippen LogP contribution in [0.25, 0.3) is 0 Å². The third-order valence-electron chi connectivity index (χ3n) is 2.43. The summed E-state index contributed by atoms with van der Waals surface area (Å²) in [7, 11) is 2.01. The van der Waals surface area contributed by atoms with Gasteiger partial charge in [-0.1, -0.05) is 13.8 Å². The lowest BCUT2D eigenvalue weighted by molar-refractivity contribution is -0.0113. The van der Waals surface area contributed by atoms with Gasteiger partial charge in [0.25, 0.3) is 0 Å². The van der Waals surface area contributed by atoms with Crippen molar-refractivity contribution in [2.75, 3.05) is 20.2 Å². The molecule has 0 spiro atoms. The fourth-order valence-corrected chi connectivity index (χ4v) is 1.45. The van der Waals surface area contributed by atoms with Crippen LogP contribution in [0.4, 0.5) is 0 Å². The van der Waals surface area contributed by atoms with Gasteiger partial charge in [0.2, 0.25) is 0 Å². The van der Waals surface area contributed by atoms with Crippen molar-refractivity contribution in [1.29, 1.82) is 0 Å². The average molecular weight is 201 g/mol. The van der Waals surface area contributed by atoms with Crippen LogP contribution >= 0.6 is 0 Å². The van der Waals surface area contributed by atoms with Gasteiger partial charge < -0.3 is 10.1 Å². The second kappa shape index (κ2) is 6.41.